The lowest BCUT2D eigenvalue weighted by molar-refractivity contribution is -0.301. The number of hydrogen-bond acceptors (Lipinski definition) is 7. The molecule has 1 aromatic heterocycles. The van der Waals surface area contributed by atoms with Gasteiger partial charge in [0.2, 0.25) is 5.91 Å². The molecule has 3 unspecified atom stereocenters. The zero-order valence-corrected chi connectivity index (χ0v) is 17.4. The van der Waals surface area contributed by atoms with Gasteiger partial charge in [-0.1, -0.05) is 31.2 Å². The van der Waals surface area contributed by atoms with Crippen molar-refractivity contribution in [3.63, 3.8) is 0 Å². The van der Waals surface area contributed by atoms with Crippen LogP contribution in [0.1, 0.15) is 13.8 Å². The number of fused-ring (bicyclic) bond motifs is 4. The van der Waals surface area contributed by atoms with Gasteiger partial charge < -0.3 is 29.1 Å². The largest absolute Gasteiger partial charge is 0.543 e. The molecule has 4 atom stereocenters. The molecule has 2 aliphatic heterocycles. The maximum Gasteiger partial charge on any atom is 0.344 e. The van der Waals surface area contributed by atoms with Crippen LogP contribution in [0.15, 0.2) is 62.9 Å². The van der Waals surface area contributed by atoms with Crippen molar-refractivity contribution in [3.8, 4) is 5.75 Å². The highest BCUT2D eigenvalue weighted by Crippen LogP contribution is 2.47. The number of carbonyl (C=O) groups is 2. The van der Waals surface area contributed by atoms with Crippen molar-refractivity contribution >= 4 is 33.6 Å². The second-order valence-electron chi connectivity index (χ2n) is 8.27. The number of benzene rings is 2. The highest BCUT2D eigenvalue weighted by molar-refractivity contribution is 6.07. The van der Waals surface area contributed by atoms with Crippen LogP contribution in [0.4, 0.5) is 0 Å². The highest BCUT2D eigenvalue weighted by Gasteiger charge is 2.58. The maximum atomic E-state index is 12.5. The standard InChI is InChI=1S/C24H21NO7/c1-11-15(21(23(28)29)25-20(11)18(12(2)26)22(25)27)10-31-17-9-5-7-14-19(17)13-6-3-4-8-16(13)32-24(14)30/h3-9,11-12,18,20,26H,10H2,1-2H3,(H,28,29)/p-1/t11-,12?,18?,20?/m0/s1. The van der Waals surface area contributed by atoms with Crippen LogP contribution in [-0.4, -0.2) is 40.6 Å². The van der Waals surface area contributed by atoms with Crippen LogP contribution in [0, 0.1) is 11.8 Å². The first kappa shape index (κ1) is 20.3. The van der Waals surface area contributed by atoms with Crippen molar-refractivity contribution in [3.05, 3.63) is 64.2 Å². The van der Waals surface area contributed by atoms with Crippen LogP contribution in [0.3, 0.4) is 0 Å². The van der Waals surface area contributed by atoms with Gasteiger partial charge in [0.25, 0.3) is 0 Å². The van der Waals surface area contributed by atoms with Gasteiger partial charge in [-0.25, -0.2) is 4.79 Å². The van der Waals surface area contributed by atoms with Crippen molar-refractivity contribution in [1.82, 2.24) is 4.90 Å². The Morgan fingerprint density at radius 1 is 1.19 bits per heavy atom. The van der Waals surface area contributed by atoms with Crippen LogP contribution in [0.2, 0.25) is 0 Å². The van der Waals surface area contributed by atoms with Crippen molar-refractivity contribution in [2.24, 2.45) is 11.8 Å². The number of amides is 1. The minimum absolute atomic E-state index is 0.106. The molecule has 32 heavy (non-hydrogen) atoms. The van der Waals surface area contributed by atoms with Gasteiger partial charge in [-0.2, -0.15) is 0 Å². The number of carbonyl (C=O) groups excluding carboxylic acids is 2. The summed E-state index contributed by atoms with van der Waals surface area (Å²) in [6.45, 7) is 3.22. The molecule has 2 aliphatic rings. The summed E-state index contributed by atoms with van der Waals surface area (Å²) in [4.78, 5) is 38.0. The van der Waals surface area contributed by atoms with E-state index in [9.17, 15) is 24.6 Å². The Bertz CT molecular complexity index is 1370. The average Bonchev–Trinajstić information content (AvgIpc) is 3.00. The summed E-state index contributed by atoms with van der Waals surface area (Å²) in [6, 6.07) is 11.6. The Balaban J connectivity index is 1.56. The predicted molar refractivity (Wildman–Crippen MR) is 112 cm³/mol. The van der Waals surface area contributed by atoms with Crippen LogP contribution < -0.4 is 15.5 Å². The Labute approximate surface area is 182 Å². The summed E-state index contributed by atoms with van der Waals surface area (Å²) < 4.78 is 11.4. The zero-order valence-electron chi connectivity index (χ0n) is 17.4. The number of nitrogens with zero attached hydrogens (tertiary/aromatic N) is 1. The van der Waals surface area contributed by atoms with Crippen LogP contribution in [-0.2, 0) is 9.59 Å². The van der Waals surface area contributed by atoms with E-state index in [-0.39, 0.29) is 18.2 Å². The quantitative estimate of drug-likeness (QED) is 0.364. The molecule has 3 aromatic rings. The van der Waals surface area contributed by atoms with Crippen molar-refractivity contribution in [2.45, 2.75) is 26.0 Å². The van der Waals surface area contributed by atoms with Crippen molar-refractivity contribution < 1.29 is 29.0 Å². The SMILES string of the molecule is CC(O)C1C(=O)N2C(C(=O)[O-])=C(COc3cccc4c(=O)oc5ccccc5c34)[C@H](C)C12. The van der Waals surface area contributed by atoms with Gasteiger partial charge in [0, 0.05) is 16.7 Å². The molecule has 1 fully saturated rings. The molecule has 0 radical (unpaired) electrons. The smallest absolute Gasteiger partial charge is 0.344 e. The maximum absolute atomic E-state index is 12.5. The van der Waals surface area contributed by atoms with E-state index in [2.05, 4.69) is 0 Å². The number of aliphatic hydroxyl groups excluding tert-OH is 1. The number of hydrogen-bond donors (Lipinski definition) is 1. The first-order valence-corrected chi connectivity index (χ1v) is 10.3. The molecule has 8 nitrogen and oxygen atoms in total. The lowest BCUT2D eigenvalue weighted by atomic mass is 9.78. The van der Waals surface area contributed by atoms with Gasteiger partial charge in [-0.15, -0.1) is 0 Å². The highest BCUT2D eigenvalue weighted by atomic mass is 16.5. The molecule has 5 rings (SSSR count). The molecule has 8 heteroatoms. The molecular formula is C24H20NO7-. The third kappa shape index (κ3) is 2.76. The van der Waals surface area contributed by atoms with E-state index in [1.54, 1.807) is 37.3 Å². The second kappa shape index (κ2) is 7.20. The summed E-state index contributed by atoms with van der Waals surface area (Å²) in [5.41, 5.74) is 0.131. The van der Waals surface area contributed by atoms with E-state index < -0.39 is 35.6 Å². The van der Waals surface area contributed by atoms with Gasteiger partial charge in [-0.3, -0.25) is 4.79 Å². The zero-order chi connectivity index (χ0) is 22.7. The number of rotatable bonds is 5. The molecule has 164 valence electrons. The van der Waals surface area contributed by atoms with Crippen molar-refractivity contribution in [1.29, 1.82) is 0 Å². The number of aliphatic hydroxyl groups is 1. The minimum atomic E-state index is -1.46. The van der Waals surface area contributed by atoms with Crippen LogP contribution in [0.25, 0.3) is 21.7 Å². The Hall–Kier alpha value is -3.65. The lowest BCUT2D eigenvalue weighted by Crippen LogP contribution is -2.64. The first-order valence-electron chi connectivity index (χ1n) is 10.3. The molecule has 0 bridgehead atoms. The Morgan fingerprint density at radius 3 is 2.62 bits per heavy atom. The molecule has 3 heterocycles. The third-order valence-electron chi connectivity index (χ3n) is 6.50. The van der Waals surface area contributed by atoms with Gasteiger partial charge in [0.1, 0.15) is 17.9 Å². The molecule has 1 N–H and O–H groups in total. The lowest BCUT2D eigenvalue weighted by Gasteiger charge is -2.47. The predicted octanol–water partition coefficient (Wildman–Crippen LogP) is 1.19. The fourth-order valence-electron chi connectivity index (χ4n) is 5.00. The Morgan fingerprint density at radius 2 is 1.91 bits per heavy atom. The summed E-state index contributed by atoms with van der Waals surface area (Å²) in [6.07, 6.45) is -0.891. The molecule has 0 spiro atoms. The van der Waals surface area contributed by atoms with Gasteiger partial charge >= 0.3 is 5.63 Å². The summed E-state index contributed by atoms with van der Waals surface area (Å²) >= 11 is 0. The summed E-state index contributed by atoms with van der Waals surface area (Å²) in [5, 5.41) is 23.5. The van der Waals surface area contributed by atoms with Crippen molar-refractivity contribution in [2.75, 3.05) is 6.61 Å². The molecule has 1 amide bonds. The molecule has 2 aromatic carbocycles. The first-order chi connectivity index (χ1) is 15.3. The summed E-state index contributed by atoms with van der Waals surface area (Å²) in [5.74, 6) is -2.49. The van der Waals surface area contributed by atoms with E-state index in [4.69, 9.17) is 9.15 Å². The molecule has 1 saturated heterocycles. The van der Waals surface area contributed by atoms with E-state index in [1.165, 1.54) is 11.8 Å². The van der Waals surface area contributed by atoms with Crippen LogP contribution >= 0.6 is 0 Å². The number of carboxylic acid groups (broad SMARTS) is 1. The number of carboxylic acids is 1. The normalized spacial score (nSPS) is 23.4. The van der Waals surface area contributed by atoms with E-state index >= 15 is 0 Å². The second-order valence-corrected chi connectivity index (χ2v) is 8.27. The van der Waals surface area contributed by atoms with Gasteiger partial charge in [0.15, 0.2) is 0 Å². The molecular weight excluding hydrogens is 414 g/mol. The molecule has 0 saturated carbocycles. The monoisotopic (exact) mass is 434 g/mol. The topological polar surface area (TPSA) is 120 Å². The van der Waals surface area contributed by atoms with E-state index in [1.807, 2.05) is 12.1 Å². The van der Waals surface area contributed by atoms with Gasteiger partial charge in [0.05, 0.1) is 35.1 Å². The van der Waals surface area contributed by atoms with E-state index in [0.717, 1.165) is 0 Å². The fourth-order valence-corrected chi connectivity index (χ4v) is 5.00. The number of para-hydroxylation sites is 1. The number of ether oxygens (including phenoxy) is 1. The third-order valence-corrected chi connectivity index (χ3v) is 6.50. The average molecular weight is 434 g/mol. The van der Waals surface area contributed by atoms with E-state index in [0.29, 0.717) is 33.1 Å². The Kier molecular flexibility index (Phi) is 4.56. The fraction of sp³-hybridized carbons (Fsp3) is 0.292. The molecule has 0 aliphatic carbocycles. The summed E-state index contributed by atoms with van der Waals surface area (Å²) in [7, 11) is 0. The van der Waals surface area contributed by atoms with Crippen LogP contribution in [0.5, 0.6) is 5.75 Å². The van der Waals surface area contributed by atoms with Gasteiger partial charge in [-0.05, 0) is 30.7 Å². The number of aliphatic carboxylic acids is 1. The minimum Gasteiger partial charge on any atom is -0.543 e. The number of β-lactam (4-membered cyclic amide) rings is 1.